The summed E-state index contributed by atoms with van der Waals surface area (Å²) >= 11 is 7.19. The van der Waals surface area contributed by atoms with Gasteiger partial charge in [-0.2, -0.15) is 0 Å². The van der Waals surface area contributed by atoms with Gasteiger partial charge in [0.1, 0.15) is 9.88 Å². The molecule has 7 heteroatoms. The predicted octanol–water partition coefficient (Wildman–Crippen LogP) is 4.72. The summed E-state index contributed by atoms with van der Waals surface area (Å²) in [7, 11) is 0. The molecule has 27 heavy (non-hydrogen) atoms. The molecule has 1 fully saturated rings. The van der Waals surface area contributed by atoms with Crippen molar-refractivity contribution in [2.75, 3.05) is 13.1 Å². The number of aromatic nitrogens is 1. The molecule has 1 atom stereocenters. The van der Waals surface area contributed by atoms with E-state index in [0.717, 1.165) is 49.3 Å². The van der Waals surface area contributed by atoms with E-state index in [1.807, 2.05) is 17.0 Å². The highest BCUT2D eigenvalue weighted by Gasteiger charge is 2.26. The molecule has 1 amide bonds. The van der Waals surface area contributed by atoms with Crippen molar-refractivity contribution in [3.63, 3.8) is 0 Å². The second kappa shape index (κ2) is 8.85. The van der Waals surface area contributed by atoms with Crippen LogP contribution in [0.2, 0.25) is 5.02 Å². The number of esters is 1. The van der Waals surface area contributed by atoms with E-state index in [1.54, 1.807) is 26.0 Å². The number of aryl methyl sites for hydroxylation is 1. The maximum atomic E-state index is 12.6. The molecule has 0 radical (unpaired) electrons. The van der Waals surface area contributed by atoms with Crippen LogP contribution in [0.15, 0.2) is 24.3 Å². The highest BCUT2D eigenvalue weighted by atomic mass is 35.5. The summed E-state index contributed by atoms with van der Waals surface area (Å²) < 4.78 is 5.46. The first-order valence-corrected chi connectivity index (χ1v) is 10.4. The Bertz CT molecular complexity index is 811. The highest BCUT2D eigenvalue weighted by molar-refractivity contribution is 7.17. The molecule has 0 bridgehead atoms. The van der Waals surface area contributed by atoms with Crippen LogP contribution in [0, 0.1) is 6.92 Å². The van der Waals surface area contributed by atoms with Gasteiger partial charge in [-0.15, -0.1) is 11.3 Å². The highest BCUT2D eigenvalue weighted by Crippen LogP contribution is 2.29. The van der Waals surface area contributed by atoms with Crippen LogP contribution in [0.1, 0.15) is 48.0 Å². The second-order valence-electron chi connectivity index (χ2n) is 6.73. The van der Waals surface area contributed by atoms with E-state index in [0.29, 0.717) is 15.6 Å². The van der Waals surface area contributed by atoms with E-state index in [2.05, 4.69) is 4.98 Å². The van der Waals surface area contributed by atoms with E-state index in [1.165, 1.54) is 11.3 Å². The van der Waals surface area contributed by atoms with E-state index in [4.69, 9.17) is 16.3 Å². The third kappa shape index (κ3) is 4.87. The van der Waals surface area contributed by atoms with E-state index in [9.17, 15) is 9.59 Å². The minimum absolute atomic E-state index is 0.120. The number of carbonyl (C=O) groups is 2. The SMILES string of the molecule is Cc1nc(-c2ccc(Cl)cc2)sc1C(=O)O[C@@H](C)C(=O)N1CCCCCC1. The van der Waals surface area contributed by atoms with Gasteiger partial charge in [0.25, 0.3) is 5.91 Å². The molecule has 2 aromatic rings. The quantitative estimate of drug-likeness (QED) is 0.689. The van der Waals surface area contributed by atoms with Crippen molar-refractivity contribution < 1.29 is 14.3 Å². The molecule has 2 heterocycles. The van der Waals surface area contributed by atoms with Gasteiger partial charge in [-0.25, -0.2) is 9.78 Å². The fraction of sp³-hybridized carbons (Fsp3) is 0.450. The Balaban J connectivity index is 1.68. The first kappa shape index (κ1) is 19.8. The molecule has 1 aliphatic rings. The summed E-state index contributed by atoms with van der Waals surface area (Å²) in [5.74, 6) is -0.619. The molecule has 0 unspecified atom stereocenters. The second-order valence-corrected chi connectivity index (χ2v) is 8.16. The van der Waals surface area contributed by atoms with Gasteiger partial charge in [-0.3, -0.25) is 4.79 Å². The van der Waals surface area contributed by atoms with E-state index in [-0.39, 0.29) is 5.91 Å². The standard InChI is InChI=1S/C20H23ClN2O3S/c1-13-17(27-18(22-13)15-7-9-16(21)10-8-15)20(25)26-14(2)19(24)23-11-5-3-4-6-12-23/h7-10,14H,3-6,11-12H2,1-2H3/t14-/m0/s1. The van der Waals surface area contributed by atoms with Gasteiger partial charge < -0.3 is 9.64 Å². The lowest BCUT2D eigenvalue weighted by Crippen LogP contribution is -2.40. The van der Waals surface area contributed by atoms with Gasteiger partial charge in [0.15, 0.2) is 6.10 Å². The van der Waals surface area contributed by atoms with Gasteiger partial charge in [-0.05, 0) is 38.8 Å². The van der Waals surface area contributed by atoms with Crippen LogP contribution >= 0.6 is 22.9 Å². The Hall–Kier alpha value is -1.92. The Morgan fingerprint density at radius 1 is 1.15 bits per heavy atom. The molecule has 3 rings (SSSR count). The Morgan fingerprint density at radius 3 is 2.41 bits per heavy atom. The van der Waals surface area contributed by atoms with E-state index >= 15 is 0 Å². The van der Waals surface area contributed by atoms with Crippen LogP contribution in [0.25, 0.3) is 10.6 Å². The summed E-state index contributed by atoms with van der Waals surface area (Å²) in [6, 6.07) is 7.30. The van der Waals surface area contributed by atoms with Gasteiger partial charge in [0.2, 0.25) is 0 Å². The number of ether oxygens (including phenoxy) is 1. The predicted molar refractivity (Wildman–Crippen MR) is 107 cm³/mol. The van der Waals surface area contributed by atoms with Gasteiger partial charge >= 0.3 is 5.97 Å². The van der Waals surface area contributed by atoms with Crippen molar-refractivity contribution in [1.29, 1.82) is 0 Å². The largest absolute Gasteiger partial charge is 0.448 e. The molecule has 1 aromatic carbocycles. The zero-order valence-electron chi connectivity index (χ0n) is 15.5. The Labute approximate surface area is 168 Å². The Kier molecular flexibility index (Phi) is 6.50. The number of likely N-dealkylation sites (tertiary alicyclic amines) is 1. The maximum Gasteiger partial charge on any atom is 0.351 e. The van der Waals surface area contributed by atoms with Crippen LogP contribution in [0.4, 0.5) is 0 Å². The minimum Gasteiger partial charge on any atom is -0.448 e. The fourth-order valence-corrected chi connectivity index (χ4v) is 4.20. The lowest BCUT2D eigenvalue weighted by Gasteiger charge is -2.23. The van der Waals surface area contributed by atoms with Gasteiger partial charge in [-0.1, -0.05) is 36.6 Å². The molecule has 0 aliphatic carbocycles. The zero-order valence-corrected chi connectivity index (χ0v) is 17.1. The van der Waals surface area contributed by atoms with Crippen molar-refractivity contribution in [2.45, 2.75) is 45.6 Å². The van der Waals surface area contributed by atoms with Crippen LogP contribution in [0.5, 0.6) is 0 Å². The number of nitrogens with zero attached hydrogens (tertiary/aromatic N) is 2. The van der Waals surface area contributed by atoms with Gasteiger partial charge in [0.05, 0.1) is 5.69 Å². The molecule has 1 aliphatic heterocycles. The number of carbonyl (C=O) groups excluding carboxylic acids is 2. The van der Waals surface area contributed by atoms with Gasteiger partial charge in [0, 0.05) is 23.7 Å². The number of benzene rings is 1. The van der Waals surface area contributed by atoms with Crippen LogP contribution in [0.3, 0.4) is 0 Å². The van der Waals surface area contributed by atoms with Crippen molar-refractivity contribution in [3.8, 4) is 10.6 Å². The lowest BCUT2D eigenvalue weighted by molar-refractivity contribution is -0.139. The number of halogens is 1. The first-order chi connectivity index (χ1) is 13.0. The smallest absolute Gasteiger partial charge is 0.351 e. The third-order valence-electron chi connectivity index (χ3n) is 4.62. The molecule has 144 valence electrons. The zero-order chi connectivity index (χ0) is 19.4. The Morgan fingerprint density at radius 2 is 1.78 bits per heavy atom. The average Bonchev–Trinajstić information content (AvgIpc) is 2.86. The van der Waals surface area contributed by atoms with Crippen LogP contribution < -0.4 is 0 Å². The number of rotatable bonds is 4. The molecule has 1 aromatic heterocycles. The number of amides is 1. The summed E-state index contributed by atoms with van der Waals surface area (Å²) in [5.41, 5.74) is 1.49. The normalized spacial score (nSPS) is 15.9. The molecule has 1 saturated heterocycles. The van der Waals surface area contributed by atoms with Crippen molar-refractivity contribution in [3.05, 3.63) is 39.9 Å². The summed E-state index contributed by atoms with van der Waals surface area (Å²) in [5, 5.41) is 1.37. The van der Waals surface area contributed by atoms with Crippen LogP contribution in [-0.2, 0) is 9.53 Å². The molecule has 0 spiro atoms. The molecule has 5 nitrogen and oxygen atoms in total. The fourth-order valence-electron chi connectivity index (χ4n) is 3.11. The number of thiazole rings is 1. The molecule has 0 saturated carbocycles. The summed E-state index contributed by atoms with van der Waals surface area (Å²) in [4.78, 5) is 31.9. The van der Waals surface area contributed by atoms with Crippen molar-refractivity contribution >= 4 is 34.8 Å². The first-order valence-electron chi connectivity index (χ1n) is 9.19. The van der Waals surface area contributed by atoms with E-state index < -0.39 is 12.1 Å². The molecule has 0 N–H and O–H groups in total. The number of hydrogen-bond donors (Lipinski definition) is 0. The average molecular weight is 407 g/mol. The number of hydrogen-bond acceptors (Lipinski definition) is 5. The van der Waals surface area contributed by atoms with Crippen molar-refractivity contribution in [2.24, 2.45) is 0 Å². The lowest BCUT2D eigenvalue weighted by atomic mass is 10.2. The third-order valence-corrected chi connectivity index (χ3v) is 6.06. The maximum absolute atomic E-state index is 12.6. The summed E-state index contributed by atoms with van der Waals surface area (Å²) in [6.45, 7) is 4.89. The molecular weight excluding hydrogens is 384 g/mol. The topological polar surface area (TPSA) is 59.5 Å². The minimum atomic E-state index is -0.795. The summed E-state index contributed by atoms with van der Waals surface area (Å²) in [6.07, 6.45) is 3.50. The monoisotopic (exact) mass is 406 g/mol. The molecular formula is C20H23ClN2O3S. The van der Waals surface area contributed by atoms with Crippen molar-refractivity contribution in [1.82, 2.24) is 9.88 Å². The van der Waals surface area contributed by atoms with Crippen LogP contribution in [-0.4, -0.2) is 41.0 Å².